The second-order valence-electron chi connectivity index (χ2n) is 8.36. The number of carbonyl (C=O) groups is 1. The van der Waals surface area contributed by atoms with E-state index in [0.717, 1.165) is 38.2 Å². The van der Waals surface area contributed by atoms with Gasteiger partial charge in [-0.2, -0.15) is 0 Å². The van der Waals surface area contributed by atoms with Crippen LogP contribution in [0.15, 0.2) is 48.5 Å². The van der Waals surface area contributed by atoms with Crippen molar-refractivity contribution in [2.75, 3.05) is 32.7 Å². The normalized spacial score (nSPS) is 16.7. The van der Waals surface area contributed by atoms with Crippen molar-refractivity contribution >= 4 is 5.78 Å². The average molecular weight is 394 g/mol. The minimum Gasteiger partial charge on any atom is -0.318 e. The highest BCUT2D eigenvalue weighted by Crippen LogP contribution is 2.30. The molecule has 0 saturated carbocycles. The Labute approximate surface area is 175 Å². The van der Waals surface area contributed by atoms with Crippen molar-refractivity contribution in [3.8, 4) is 0 Å². The van der Waals surface area contributed by atoms with Gasteiger partial charge in [0.1, 0.15) is 0 Å². The first kappa shape index (κ1) is 21.7. The van der Waals surface area contributed by atoms with Crippen molar-refractivity contribution in [2.24, 2.45) is 5.73 Å². The molecule has 2 aromatic carbocycles. The molecule has 1 unspecified atom stereocenters. The van der Waals surface area contributed by atoms with Crippen LogP contribution in [0.5, 0.6) is 0 Å². The Morgan fingerprint density at radius 1 is 1.14 bits per heavy atom. The molecule has 4 heteroatoms. The molecule has 1 aliphatic rings. The Balaban J connectivity index is 1.32. The van der Waals surface area contributed by atoms with E-state index in [1.165, 1.54) is 24.0 Å². The smallest absolute Gasteiger partial charge is 0.167 e. The van der Waals surface area contributed by atoms with E-state index >= 15 is 0 Å². The van der Waals surface area contributed by atoms with Gasteiger partial charge in [0.15, 0.2) is 5.78 Å². The van der Waals surface area contributed by atoms with Gasteiger partial charge in [-0.15, -0.1) is 0 Å². The Kier molecular flexibility index (Phi) is 7.99. The summed E-state index contributed by atoms with van der Waals surface area (Å²) < 4.78 is 0. The van der Waals surface area contributed by atoms with E-state index < -0.39 is 6.04 Å². The molecule has 1 fully saturated rings. The highest BCUT2D eigenvalue weighted by molar-refractivity contribution is 5.86. The first-order chi connectivity index (χ1) is 14.0. The summed E-state index contributed by atoms with van der Waals surface area (Å²) in [6.45, 7) is 9.02. The summed E-state index contributed by atoms with van der Waals surface area (Å²) in [7, 11) is 0. The number of ketones is 1. The zero-order valence-electron chi connectivity index (χ0n) is 17.9. The van der Waals surface area contributed by atoms with Gasteiger partial charge in [-0.1, -0.05) is 54.1 Å². The number of rotatable bonds is 9. The van der Waals surface area contributed by atoms with Crippen LogP contribution in [0.3, 0.4) is 0 Å². The van der Waals surface area contributed by atoms with Gasteiger partial charge in [-0.3, -0.25) is 4.79 Å². The summed E-state index contributed by atoms with van der Waals surface area (Å²) in [5.41, 5.74) is 11.3. The van der Waals surface area contributed by atoms with E-state index in [2.05, 4.69) is 42.3 Å². The third-order valence-corrected chi connectivity index (χ3v) is 6.09. The molecule has 0 amide bonds. The van der Waals surface area contributed by atoms with Crippen molar-refractivity contribution in [1.82, 2.24) is 10.2 Å². The van der Waals surface area contributed by atoms with Crippen molar-refractivity contribution in [3.63, 3.8) is 0 Å². The van der Waals surface area contributed by atoms with E-state index in [-0.39, 0.29) is 5.78 Å². The molecular formula is C25H35N3O. The summed E-state index contributed by atoms with van der Waals surface area (Å²) in [4.78, 5) is 14.8. The molecule has 2 aromatic rings. The first-order valence-corrected chi connectivity index (χ1v) is 10.9. The van der Waals surface area contributed by atoms with Gasteiger partial charge in [0.2, 0.25) is 0 Å². The predicted molar refractivity (Wildman–Crippen MR) is 120 cm³/mol. The summed E-state index contributed by atoms with van der Waals surface area (Å²) in [6.07, 6.45) is 3.53. The van der Waals surface area contributed by atoms with Crippen molar-refractivity contribution < 1.29 is 4.79 Å². The van der Waals surface area contributed by atoms with Crippen LogP contribution in [-0.2, 0) is 4.79 Å². The second kappa shape index (κ2) is 10.7. The van der Waals surface area contributed by atoms with E-state index in [9.17, 15) is 4.79 Å². The number of hydrogen-bond donors (Lipinski definition) is 2. The molecule has 0 aliphatic carbocycles. The van der Waals surface area contributed by atoms with Crippen LogP contribution in [0.2, 0.25) is 0 Å². The fourth-order valence-electron chi connectivity index (χ4n) is 4.26. The van der Waals surface area contributed by atoms with Crippen LogP contribution in [0.25, 0.3) is 0 Å². The van der Waals surface area contributed by atoms with Crippen molar-refractivity contribution in [1.29, 1.82) is 0 Å². The lowest BCUT2D eigenvalue weighted by atomic mass is 9.86. The summed E-state index contributed by atoms with van der Waals surface area (Å²) >= 11 is 0. The second-order valence-corrected chi connectivity index (χ2v) is 8.36. The molecule has 0 bridgehead atoms. The highest BCUT2D eigenvalue weighted by Gasteiger charge is 2.21. The van der Waals surface area contributed by atoms with Gasteiger partial charge >= 0.3 is 0 Å². The fraction of sp³-hybridized carbons (Fsp3) is 0.480. The zero-order chi connectivity index (χ0) is 20.6. The maximum atomic E-state index is 12.2. The Hall–Kier alpha value is -2.01. The molecule has 0 spiro atoms. The molecule has 29 heavy (non-hydrogen) atoms. The van der Waals surface area contributed by atoms with Gasteiger partial charge in [-0.25, -0.2) is 0 Å². The van der Waals surface area contributed by atoms with Gasteiger partial charge in [0, 0.05) is 0 Å². The molecular weight excluding hydrogens is 358 g/mol. The topological polar surface area (TPSA) is 58.4 Å². The van der Waals surface area contributed by atoms with Crippen LogP contribution in [0.1, 0.15) is 53.5 Å². The number of piperidine rings is 1. The lowest BCUT2D eigenvalue weighted by Gasteiger charge is -2.33. The minimum atomic E-state index is -0.534. The third-order valence-electron chi connectivity index (χ3n) is 6.09. The number of nitrogens with two attached hydrogens (primary N) is 1. The van der Waals surface area contributed by atoms with Gasteiger partial charge in [0.25, 0.3) is 0 Å². The molecule has 156 valence electrons. The molecule has 4 nitrogen and oxygen atoms in total. The quantitative estimate of drug-likeness (QED) is 0.638. The molecule has 0 aromatic heterocycles. The molecule has 1 saturated heterocycles. The number of nitrogens with zero attached hydrogens (tertiary/aromatic N) is 1. The summed E-state index contributed by atoms with van der Waals surface area (Å²) in [5, 5.41) is 3.27. The number of Topliss-reactive ketones (excluding diaryl/α,β-unsaturated/α-hetero) is 1. The number of aryl methyl sites for hydroxylation is 2. The molecule has 3 rings (SSSR count). The van der Waals surface area contributed by atoms with E-state index in [0.29, 0.717) is 12.5 Å². The standard InChI is InChI=1S/C25H35N3O/c1-19-9-10-20(2)23(17-19)21-11-15-28(16-12-21)14-6-13-27-18-24(29)25(26)22-7-4-3-5-8-22/h3-5,7-10,17,21,25,27H,6,11-16,18,26H2,1-2H3. The van der Waals surface area contributed by atoms with Crippen LogP contribution in [0, 0.1) is 13.8 Å². The molecule has 1 heterocycles. The number of nitrogens with one attached hydrogen (secondary N) is 1. The Morgan fingerprint density at radius 3 is 2.59 bits per heavy atom. The minimum absolute atomic E-state index is 0.0468. The molecule has 1 aliphatic heterocycles. The lowest BCUT2D eigenvalue weighted by Crippen LogP contribution is -2.36. The zero-order valence-corrected chi connectivity index (χ0v) is 17.9. The summed E-state index contributed by atoms with van der Waals surface area (Å²) in [6, 6.07) is 15.9. The maximum absolute atomic E-state index is 12.2. The largest absolute Gasteiger partial charge is 0.318 e. The molecule has 0 radical (unpaired) electrons. The number of benzene rings is 2. The van der Waals surface area contributed by atoms with Crippen LogP contribution < -0.4 is 11.1 Å². The SMILES string of the molecule is Cc1ccc(C)c(C2CCN(CCCNCC(=O)C(N)c3ccccc3)CC2)c1. The van der Waals surface area contributed by atoms with Crippen molar-refractivity contribution in [3.05, 3.63) is 70.8 Å². The van der Waals surface area contributed by atoms with E-state index in [1.807, 2.05) is 30.3 Å². The third kappa shape index (κ3) is 6.23. The fourth-order valence-corrected chi connectivity index (χ4v) is 4.26. The van der Waals surface area contributed by atoms with Gasteiger partial charge < -0.3 is 16.0 Å². The van der Waals surface area contributed by atoms with Gasteiger partial charge in [-0.05, 0) is 81.9 Å². The van der Waals surface area contributed by atoms with Crippen molar-refractivity contribution in [2.45, 2.75) is 45.1 Å². The number of likely N-dealkylation sites (tertiary alicyclic amines) is 1. The van der Waals surface area contributed by atoms with Crippen LogP contribution in [0.4, 0.5) is 0 Å². The molecule has 1 atom stereocenters. The van der Waals surface area contributed by atoms with Gasteiger partial charge in [0.05, 0.1) is 12.6 Å². The van der Waals surface area contributed by atoms with E-state index in [1.54, 1.807) is 5.56 Å². The monoisotopic (exact) mass is 393 g/mol. The van der Waals surface area contributed by atoms with Crippen LogP contribution >= 0.6 is 0 Å². The number of hydrogen-bond acceptors (Lipinski definition) is 4. The van der Waals surface area contributed by atoms with E-state index in [4.69, 9.17) is 5.73 Å². The average Bonchev–Trinajstić information content (AvgIpc) is 2.75. The number of carbonyl (C=O) groups excluding carboxylic acids is 1. The van der Waals surface area contributed by atoms with Crippen LogP contribution in [-0.4, -0.2) is 43.4 Å². The lowest BCUT2D eigenvalue weighted by molar-refractivity contribution is -0.119. The first-order valence-electron chi connectivity index (χ1n) is 10.9. The Bertz CT molecular complexity index is 782. The Morgan fingerprint density at radius 2 is 1.86 bits per heavy atom. The predicted octanol–water partition coefficient (Wildman–Crippen LogP) is 3.73. The summed E-state index contributed by atoms with van der Waals surface area (Å²) in [5.74, 6) is 0.743. The maximum Gasteiger partial charge on any atom is 0.167 e. The molecule has 3 N–H and O–H groups in total. The highest BCUT2D eigenvalue weighted by atomic mass is 16.1.